The van der Waals surface area contributed by atoms with Crippen molar-refractivity contribution in [2.24, 2.45) is 5.92 Å². The Bertz CT molecular complexity index is 481. The second-order valence-corrected chi connectivity index (χ2v) is 4.00. The van der Waals surface area contributed by atoms with Crippen molar-refractivity contribution in [1.82, 2.24) is 0 Å². The number of hydrogen-bond donors (Lipinski definition) is 2. The Balaban J connectivity index is 2.35. The summed E-state index contributed by atoms with van der Waals surface area (Å²) >= 11 is 0. The molecule has 0 radical (unpaired) electrons. The average molecular weight is 229 g/mol. The van der Waals surface area contributed by atoms with E-state index in [0.29, 0.717) is 24.1 Å². The minimum Gasteiger partial charge on any atom is -0.423 e. The molecule has 1 fully saturated rings. The fraction of sp³-hybridized carbons (Fsp3) is 0.250. The molecule has 2 N–H and O–H groups in total. The van der Waals surface area contributed by atoms with Crippen molar-refractivity contribution in [2.75, 3.05) is 11.4 Å². The van der Waals surface area contributed by atoms with E-state index in [1.807, 2.05) is 0 Å². The third-order valence-electron chi connectivity index (χ3n) is 2.87. The van der Waals surface area contributed by atoms with Crippen molar-refractivity contribution >= 4 is 24.2 Å². The number of terminal acetylenes is 1. The summed E-state index contributed by atoms with van der Waals surface area (Å²) in [6.45, 7) is 0.430. The Morgan fingerprint density at radius 2 is 2.12 bits per heavy atom. The molecule has 1 atom stereocenters. The molecule has 0 saturated carbocycles. The fourth-order valence-electron chi connectivity index (χ4n) is 2.00. The van der Waals surface area contributed by atoms with E-state index in [1.165, 1.54) is 4.90 Å². The third-order valence-corrected chi connectivity index (χ3v) is 2.87. The van der Waals surface area contributed by atoms with E-state index < -0.39 is 7.12 Å². The largest absolute Gasteiger partial charge is 0.490 e. The molecule has 1 aliphatic heterocycles. The van der Waals surface area contributed by atoms with Gasteiger partial charge in [0.2, 0.25) is 5.91 Å². The molecule has 5 heteroatoms. The van der Waals surface area contributed by atoms with Gasteiger partial charge in [-0.05, 0) is 6.07 Å². The van der Waals surface area contributed by atoms with Crippen LogP contribution in [0, 0.1) is 18.3 Å². The standard InChI is InChI=1S/C12H12BNO3/c1-2-9-7-12(15)14(8-9)11-6-4-3-5-10(11)13(16)17/h1,3-6,9,16-17H,7-8H2. The van der Waals surface area contributed by atoms with E-state index in [0.717, 1.165) is 0 Å². The van der Waals surface area contributed by atoms with Crippen LogP contribution in [0.1, 0.15) is 6.42 Å². The Hall–Kier alpha value is -1.77. The van der Waals surface area contributed by atoms with E-state index in [-0.39, 0.29) is 11.8 Å². The highest BCUT2D eigenvalue weighted by Crippen LogP contribution is 2.23. The number of para-hydroxylation sites is 1. The van der Waals surface area contributed by atoms with Gasteiger partial charge in [-0.25, -0.2) is 0 Å². The summed E-state index contributed by atoms with van der Waals surface area (Å²) in [7, 11) is -1.59. The van der Waals surface area contributed by atoms with Crippen LogP contribution in [0.5, 0.6) is 0 Å². The Kier molecular flexibility index (Phi) is 3.18. The molecular weight excluding hydrogens is 217 g/mol. The van der Waals surface area contributed by atoms with Crippen LogP contribution >= 0.6 is 0 Å². The quantitative estimate of drug-likeness (QED) is 0.523. The van der Waals surface area contributed by atoms with Gasteiger partial charge in [-0.3, -0.25) is 4.79 Å². The number of carbonyl (C=O) groups is 1. The molecule has 0 spiro atoms. The first kappa shape index (κ1) is 11.7. The Morgan fingerprint density at radius 1 is 1.41 bits per heavy atom. The summed E-state index contributed by atoms with van der Waals surface area (Å²) in [5.74, 6) is 2.37. The van der Waals surface area contributed by atoms with Crippen LogP contribution in [-0.2, 0) is 4.79 Å². The highest BCUT2D eigenvalue weighted by atomic mass is 16.4. The topological polar surface area (TPSA) is 60.8 Å². The van der Waals surface area contributed by atoms with Crippen molar-refractivity contribution in [3.63, 3.8) is 0 Å². The third kappa shape index (κ3) is 2.18. The van der Waals surface area contributed by atoms with E-state index in [4.69, 9.17) is 6.42 Å². The van der Waals surface area contributed by atoms with Crippen molar-refractivity contribution in [2.45, 2.75) is 6.42 Å². The maximum Gasteiger partial charge on any atom is 0.490 e. The van der Waals surface area contributed by atoms with Crippen molar-refractivity contribution in [3.05, 3.63) is 24.3 Å². The Labute approximate surface area is 100 Å². The number of rotatable bonds is 2. The SMILES string of the molecule is C#CC1CC(=O)N(c2ccccc2B(O)O)C1. The molecule has 1 amide bonds. The van der Waals surface area contributed by atoms with Gasteiger partial charge in [0.1, 0.15) is 0 Å². The molecule has 1 aromatic rings. The minimum atomic E-state index is -1.59. The second-order valence-electron chi connectivity index (χ2n) is 4.00. The molecule has 17 heavy (non-hydrogen) atoms. The molecule has 1 heterocycles. The zero-order valence-electron chi connectivity index (χ0n) is 9.21. The maximum absolute atomic E-state index is 11.8. The maximum atomic E-state index is 11.8. The summed E-state index contributed by atoms with van der Waals surface area (Å²) in [5, 5.41) is 18.5. The highest BCUT2D eigenvalue weighted by molar-refractivity contribution is 6.60. The zero-order chi connectivity index (χ0) is 12.4. The lowest BCUT2D eigenvalue weighted by atomic mass is 9.78. The van der Waals surface area contributed by atoms with E-state index in [9.17, 15) is 14.8 Å². The van der Waals surface area contributed by atoms with E-state index in [1.54, 1.807) is 24.3 Å². The first-order valence-electron chi connectivity index (χ1n) is 5.35. The van der Waals surface area contributed by atoms with Gasteiger partial charge >= 0.3 is 7.12 Å². The summed E-state index contributed by atoms with van der Waals surface area (Å²) in [6.07, 6.45) is 5.62. The lowest BCUT2D eigenvalue weighted by Gasteiger charge is -2.19. The van der Waals surface area contributed by atoms with Gasteiger partial charge in [0.25, 0.3) is 0 Å². The monoisotopic (exact) mass is 229 g/mol. The lowest BCUT2D eigenvalue weighted by Crippen LogP contribution is -2.37. The summed E-state index contributed by atoms with van der Waals surface area (Å²) in [5.41, 5.74) is 0.837. The van der Waals surface area contributed by atoms with Gasteiger partial charge in [-0.1, -0.05) is 18.2 Å². The van der Waals surface area contributed by atoms with Crippen molar-refractivity contribution < 1.29 is 14.8 Å². The van der Waals surface area contributed by atoms with Gasteiger partial charge in [-0.2, -0.15) is 0 Å². The van der Waals surface area contributed by atoms with Crippen LogP contribution in [0.3, 0.4) is 0 Å². The van der Waals surface area contributed by atoms with Gasteiger partial charge in [0, 0.05) is 30.0 Å². The number of anilines is 1. The highest BCUT2D eigenvalue weighted by Gasteiger charge is 2.32. The molecule has 0 aromatic heterocycles. The molecule has 0 aliphatic carbocycles. The lowest BCUT2D eigenvalue weighted by molar-refractivity contribution is -0.117. The van der Waals surface area contributed by atoms with Crippen LogP contribution in [0.15, 0.2) is 24.3 Å². The summed E-state index contributed by atoms with van der Waals surface area (Å²) < 4.78 is 0. The van der Waals surface area contributed by atoms with E-state index >= 15 is 0 Å². The number of hydrogen-bond acceptors (Lipinski definition) is 3. The van der Waals surface area contributed by atoms with Gasteiger partial charge in [0.05, 0.1) is 0 Å². The molecule has 0 bridgehead atoms. The van der Waals surface area contributed by atoms with Crippen molar-refractivity contribution in [3.8, 4) is 12.3 Å². The summed E-state index contributed by atoms with van der Waals surface area (Å²) in [4.78, 5) is 13.3. The van der Waals surface area contributed by atoms with Crippen LogP contribution in [-0.4, -0.2) is 29.6 Å². The molecule has 4 nitrogen and oxygen atoms in total. The zero-order valence-corrected chi connectivity index (χ0v) is 9.21. The van der Waals surface area contributed by atoms with Crippen molar-refractivity contribution in [1.29, 1.82) is 0 Å². The molecule has 1 unspecified atom stereocenters. The first-order valence-corrected chi connectivity index (χ1v) is 5.35. The predicted octanol–water partition coefficient (Wildman–Crippen LogP) is -0.648. The predicted molar refractivity (Wildman–Crippen MR) is 65.6 cm³/mol. The molecule has 1 aromatic carbocycles. The molecule has 2 rings (SSSR count). The second kappa shape index (κ2) is 4.62. The minimum absolute atomic E-state index is 0.0824. The van der Waals surface area contributed by atoms with Crippen LogP contribution in [0.4, 0.5) is 5.69 Å². The number of benzene rings is 1. The normalized spacial score (nSPS) is 19.2. The molecular formula is C12H12BNO3. The molecule has 86 valence electrons. The number of nitrogens with zero attached hydrogens (tertiary/aromatic N) is 1. The average Bonchev–Trinajstić information content (AvgIpc) is 2.70. The fourth-order valence-corrected chi connectivity index (χ4v) is 2.00. The molecule has 1 aliphatic rings. The van der Waals surface area contributed by atoms with Gasteiger partial charge in [0.15, 0.2) is 0 Å². The number of carbonyl (C=O) groups excluding carboxylic acids is 1. The van der Waals surface area contributed by atoms with E-state index in [2.05, 4.69) is 5.92 Å². The summed E-state index contributed by atoms with van der Waals surface area (Å²) in [6, 6.07) is 6.71. The van der Waals surface area contributed by atoms with Gasteiger partial charge < -0.3 is 14.9 Å². The number of amides is 1. The van der Waals surface area contributed by atoms with Crippen LogP contribution < -0.4 is 10.4 Å². The van der Waals surface area contributed by atoms with Crippen LogP contribution in [0.2, 0.25) is 0 Å². The first-order chi connectivity index (χ1) is 8.13. The van der Waals surface area contributed by atoms with Crippen LogP contribution in [0.25, 0.3) is 0 Å². The van der Waals surface area contributed by atoms with Gasteiger partial charge in [-0.15, -0.1) is 12.3 Å². The smallest absolute Gasteiger partial charge is 0.423 e. The molecule has 1 saturated heterocycles. The Morgan fingerprint density at radius 3 is 2.71 bits per heavy atom.